The van der Waals surface area contributed by atoms with Gasteiger partial charge in [0.05, 0.1) is 11.5 Å². The Bertz CT molecular complexity index is 1060. The summed E-state index contributed by atoms with van der Waals surface area (Å²) in [6, 6.07) is 11.7. The van der Waals surface area contributed by atoms with Crippen molar-refractivity contribution in [3.63, 3.8) is 0 Å². The highest BCUT2D eigenvalue weighted by Crippen LogP contribution is 2.22. The van der Waals surface area contributed by atoms with E-state index in [4.69, 9.17) is 9.47 Å². The van der Waals surface area contributed by atoms with E-state index in [0.29, 0.717) is 12.2 Å². The van der Waals surface area contributed by atoms with E-state index in [0.717, 1.165) is 15.6 Å². The van der Waals surface area contributed by atoms with E-state index in [1.807, 2.05) is 6.92 Å². The summed E-state index contributed by atoms with van der Waals surface area (Å²) in [5.41, 5.74) is 1.62. The van der Waals surface area contributed by atoms with Crippen LogP contribution in [0.1, 0.15) is 18.1 Å². The molecule has 0 bridgehead atoms. The number of anilines is 1. The van der Waals surface area contributed by atoms with Gasteiger partial charge in [0.15, 0.2) is 6.61 Å². The lowest BCUT2D eigenvalue weighted by Gasteiger charge is -2.15. The van der Waals surface area contributed by atoms with Crippen LogP contribution in [0.25, 0.3) is 6.08 Å². The molecule has 0 heterocycles. The third-order valence-corrected chi connectivity index (χ3v) is 6.14. The Hall–Kier alpha value is -3.17. The number of aryl methyl sites for hydroxylation is 1. The van der Waals surface area contributed by atoms with Crippen LogP contribution in [-0.2, 0) is 24.3 Å². The second-order valence-corrected chi connectivity index (χ2v) is 8.88. The van der Waals surface area contributed by atoms with Gasteiger partial charge in [0.25, 0.3) is 5.91 Å². The number of amides is 1. The fraction of sp³-hybridized carbons (Fsp3) is 0.273. The van der Waals surface area contributed by atoms with E-state index in [-0.39, 0.29) is 10.6 Å². The molecule has 0 fully saturated rings. The highest BCUT2D eigenvalue weighted by molar-refractivity contribution is 7.89. The van der Waals surface area contributed by atoms with Crippen molar-refractivity contribution in [3.8, 4) is 5.75 Å². The number of carbonyl (C=O) groups excluding carboxylic acids is 2. The molecule has 0 saturated heterocycles. The molecule has 0 saturated carbocycles. The Balaban J connectivity index is 1.92. The van der Waals surface area contributed by atoms with Gasteiger partial charge >= 0.3 is 5.97 Å². The molecule has 31 heavy (non-hydrogen) atoms. The number of sulfonamides is 1. The first-order valence-corrected chi connectivity index (χ1v) is 11.0. The van der Waals surface area contributed by atoms with Gasteiger partial charge in [-0.2, -0.15) is 0 Å². The smallest absolute Gasteiger partial charge is 0.331 e. The lowest BCUT2D eigenvalue weighted by molar-refractivity contribution is -0.142. The minimum atomic E-state index is -3.65. The maximum Gasteiger partial charge on any atom is 0.331 e. The van der Waals surface area contributed by atoms with Crippen LogP contribution >= 0.6 is 0 Å². The van der Waals surface area contributed by atoms with Gasteiger partial charge in [0, 0.05) is 25.9 Å². The molecule has 0 unspecified atom stereocenters. The number of hydrogen-bond acceptors (Lipinski definition) is 6. The normalized spacial score (nSPS) is 11.5. The van der Waals surface area contributed by atoms with Crippen molar-refractivity contribution >= 4 is 33.7 Å². The van der Waals surface area contributed by atoms with E-state index in [2.05, 4.69) is 5.32 Å². The predicted octanol–water partition coefficient (Wildman–Crippen LogP) is 2.84. The summed E-state index contributed by atoms with van der Waals surface area (Å²) in [6.45, 7) is 3.62. The maximum atomic E-state index is 12.4. The van der Waals surface area contributed by atoms with Crippen molar-refractivity contribution in [1.29, 1.82) is 0 Å². The van der Waals surface area contributed by atoms with Gasteiger partial charge in [0.2, 0.25) is 10.0 Å². The number of carbonyl (C=O) groups is 2. The largest absolute Gasteiger partial charge is 0.494 e. The number of nitrogens with one attached hydrogen (secondary N) is 1. The molecule has 2 aromatic rings. The summed E-state index contributed by atoms with van der Waals surface area (Å²) in [5.74, 6) is -0.528. The van der Waals surface area contributed by atoms with E-state index in [1.54, 1.807) is 49.4 Å². The van der Waals surface area contributed by atoms with Crippen molar-refractivity contribution in [2.45, 2.75) is 18.7 Å². The summed E-state index contributed by atoms with van der Waals surface area (Å²) in [4.78, 5) is 24.0. The van der Waals surface area contributed by atoms with Gasteiger partial charge in [0.1, 0.15) is 5.75 Å². The molecule has 2 aromatic carbocycles. The third-order valence-electron chi connectivity index (χ3n) is 4.18. The zero-order valence-corrected chi connectivity index (χ0v) is 18.7. The first kappa shape index (κ1) is 24.1. The maximum absolute atomic E-state index is 12.4. The molecule has 0 aliphatic rings. The summed E-state index contributed by atoms with van der Waals surface area (Å²) < 4.78 is 36.1. The molecular weight excluding hydrogens is 420 g/mol. The van der Waals surface area contributed by atoms with E-state index < -0.39 is 28.5 Å². The van der Waals surface area contributed by atoms with Gasteiger partial charge in [-0.25, -0.2) is 17.5 Å². The molecule has 0 spiro atoms. The Morgan fingerprint density at radius 3 is 2.39 bits per heavy atom. The van der Waals surface area contributed by atoms with Crippen molar-refractivity contribution in [2.24, 2.45) is 0 Å². The number of benzene rings is 2. The molecule has 1 amide bonds. The highest BCUT2D eigenvalue weighted by atomic mass is 32.2. The summed E-state index contributed by atoms with van der Waals surface area (Å²) in [5, 5.41) is 2.53. The van der Waals surface area contributed by atoms with Gasteiger partial charge in [-0.05, 0) is 55.3 Å². The van der Waals surface area contributed by atoms with E-state index in [1.165, 1.54) is 26.2 Å². The second kappa shape index (κ2) is 10.7. The Morgan fingerprint density at radius 1 is 1.10 bits per heavy atom. The topological polar surface area (TPSA) is 102 Å². The number of rotatable bonds is 9. The zero-order valence-electron chi connectivity index (χ0n) is 17.9. The first-order chi connectivity index (χ1) is 14.6. The van der Waals surface area contributed by atoms with Crippen LogP contribution in [0.15, 0.2) is 53.4 Å². The molecule has 0 aliphatic carbocycles. The minimum absolute atomic E-state index is 0.0885. The van der Waals surface area contributed by atoms with Crippen LogP contribution in [0.4, 0.5) is 5.69 Å². The van der Waals surface area contributed by atoms with E-state index in [9.17, 15) is 18.0 Å². The molecule has 2 rings (SSSR count). The fourth-order valence-corrected chi connectivity index (χ4v) is 3.68. The van der Waals surface area contributed by atoms with Gasteiger partial charge in [-0.1, -0.05) is 18.2 Å². The predicted molar refractivity (Wildman–Crippen MR) is 118 cm³/mol. The lowest BCUT2D eigenvalue weighted by Crippen LogP contribution is -2.24. The molecule has 0 aromatic heterocycles. The SMILES string of the molecule is CCOc1ccc(/C=C/C(=O)OCC(=O)Nc2ccc(C)c(S(=O)(=O)N(C)C)c2)cc1. The standard InChI is InChI=1S/C22H26N2O6S/c1-5-29-19-11-7-17(8-12-19)9-13-22(26)30-15-21(25)23-18-10-6-16(2)20(14-18)31(27,28)24(3)4/h6-14H,5,15H2,1-4H3,(H,23,25)/b13-9+. The molecule has 1 N–H and O–H groups in total. The van der Waals surface area contributed by atoms with E-state index >= 15 is 0 Å². The molecule has 0 atom stereocenters. The fourth-order valence-electron chi connectivity index (χ4n) is 2.54. The van der Waals surface area contributed by atoms with Crippen LogP contribution in [0.3, 0.4) is 0 Å². The van der Waals surface area contributed by atoms with Crippen LogP contribution in [0, 0.1) is 6.92 Å². The van der Waals surface area contributed by atoms with Crippen molar-refractivity contribution in [2.75, 3.05) is 32.6 Å². The molecule has 0 radical (unpaired) electrons. The lowest BCUT2D eigenvalue weighted by atomic mass is 10.2. The van der Waals surface area contributed by atoms with Crippen LogP contribution in [0.2, 0.25) is 0 Å². The number of nitrogens with zero attached hydrogens (tertiary/aromatic N) is 1. The van der Waals surface area contributed by atoms with Crippen LogP contribution in [-0.4, -0.2) is 51.9 Å². The number of ether oxygens (including phenoxy) is 2. The van der Waals surface area contributed by atoms with Crippen molar-refractivity contribution in [1.82, 2.24) is 4.31 Å². The van der Waals surface area contributed by atoms with Gasteiger partial charge in [-0.15, -0.1) is 0 Å². The Labute approximate surface area is 182 Å². The second-order valence-electron chi connectivity index (χ2n) is 6.76. The Morgan fingerprint density at radius 2 is 1.77 bits per heavy atom. The molecule has 9 heteroatoms. The van der Waals surface area contributed by atoms with Gasteiger partial charge in [-0.3, -0.25) is 4.79 Å². The average molecular weight is 447 g/mol. The quantitative estimate of drug-likeness (QED) is 0.469. The summed E-state index contributed by atoms with van der Waals surface area (Å²) >= 11 is 0. The Kier molecular flexibility index (Phi) is 8.35. The highest BCUT2D eigenvalue weighted by Gasteiger charge is 2.20. The molecular formula is C22H26N2O6S. The zero-order chi connectivity index (χ0) is 23.0. The van der Waals surface area contributed by atoms with Crippen molar-refractivity contribution in [3.05, 3.63) is 59.7 Å². The molecule has 8 nitrogen and oxygen atoms in total. The van der Waals surface area contributed by atoms with Gasteiger partial charge < -0.3 is 14.8 Å². The summed E-state index contributed by atoms with van der Waals surface area (Å²) in [7, 11) is -0.790. The first-order valence-electron chi connectivity index (χ1n) is 9.54. The molecule has 166 valence electrons. The summed E-state index contributed by atoms with van der Waals surface area (Å²) in [6.07, 6.45) is 2.78. The number of hydrogen-bond donors (Lipinski definition) is 1. The average Bonchev–Trinajstić information content (AvgIpc) is 2.73. The van der Waals surface area contributed by atoms with Crippen LogP contribution < -0.4 is 10.1 Å². The number of esters is 1. The molecule has 0 aliphatic heterocycles. The minimum Gasteiger partial charge on any atom is -0.494 e. The van der Waals surface area contributed by atoms with Crippen molar-refractivity contribution < 1.29 is 27.5 Å². The third kappa shape index (κ3) is 6.94. The van der Waals surface area contributed by atoms with Crippen LogP contribution in [0.5, 0.6) is 5.75 Å². The monoisotopic (exact) mass is 446 g/mol.